The van der Waals surface area contributed by atoms with Crippen LogP contribution in [0.25, 0.3) is 0 Å². The highest BCUT2D eigenvalue weighted by Gasteiger charge is 2.47. The van der Waals surface area contributed by atoms with Crippen LogP contribution in [0.1, 0.15) is 43.9 Å². The fourth-order valence-electron chi connectivity index (χ4n) is 3.22. The Balaban J connectivity index is 2.16. The zero-order valence-electron chi connectivity index (χ0n) is 12.7. The molecule has 0 radical (unpaired) electrons. The summed E-state index contributed by atoms with van der Waals surface area (Å²) < 4.78 is 5.86. The summed E-state index contributed by atoms with van der Waals surface area (Å²) in [5.74, 6) is 0.541. The van der Waals surface area contributed by atoms with Gasteiger partial charge in [-0.3, -0.25) is 4.79 Å². The van der Waals surface area contributed by atoms with Crippen molar-refractivity contribution < 1.29 is 14.6 Å². The highest BCUT2D eigenvalue weighted by molar-refractivity contribution is 5.79. The number of benzene rings is 1. The molecule has 2 aliphatic rings. The van der Waals surface area contributed by atoms with E-state index >= 15 is 0 Å². The quantitative estimate of drug-likeness (QED) is 0.762. The molecule has 2 aliphatic heterocycles. The first kappa shape index (κ1) is 14.7. The van der Waals surface area contributed by atoms with Crippen LogP contribution in [0, 0.1) is 11.3 Å². The molecule has 0 aliphatic carbocycles. The summed E-state index contributed by atoms with van der Waals surface area (Å²) >= 11 is 0. The van der Waals surface area contributed by atoms with E-state index in [4.69, 9.17) is 10.5 Å². The van der Waals surface area contributed by atoms with Crippen LogP contribution in [0.15, 0.2) is 12.1 Å². The molecule has 1 fully saturated rings. The minimum atomic E-state index is -0.878. The van der Waals surface area contributed by atoms with Gasteiger partial charge in [0.1, 0.15) is 23.5 Å². The monoisotopic (exact) mass is 301 g/mol. The van der Waals surface area contributed by atoms with Crippen LogP contribution in [-0.4, -0.2) is 34.2 Å². The second-order valence-corrected chi connectivity index (χ2v) is 6.37. The fourth-order valence-corrected chi connectivity index (χ4v) is 3.22. The lowest BCUT2D eigenvalue weighted by Crippen LogP contribution is -2.53. The van der Waals surface area contributed by atoms with Crippen molar-refractivity contribution in [3.63, 3.8) is 0 Å². The maximum atomic E-state index is 12.1. The minimum absolute atomic E-state index is 0.0167. The van der Waals surface area contributed by atoms with Gasteiger partial charge in [0.25, 0.3) is 0 Å². The van der Waals surface area contributed by atoms with Crippen LogP contribution < -0.4 is 10.5 Å². The summed E-state index contributed by atoms with van der Waals surface area (Å²) in [5.41, 5.74) is 6.32. The number of likely N-dealkylation sites (tertiary alicyclic amines) is 1. The number of hydrogen-bond donors (Lipinski definition) is 2. The van der Waals surface area contributed by atoms with E-state index in [-0.39, 0.29) is 5.91 Å². The molecule has 22 heavy (non-hydrogen) atoms. The van der Waals surface area contributed by atoms with Gasteiger partial charge in [0.05, 0.1) is 17.3 Å². The third kappa shape index (κ3) is 2.09. The molecule has 1 amide bonds. The van der Waals surface area contributed by atoms with E-state index in [1.807, 2.05) is 6.07 Å². The minimum Gasteiger partial charge on any atom is -0.485 e. The molecule has 0 spiro atoms. The number of carbonyl (C=O) groups excluding carboxylic acids is 1. The Labute approximate surface area is 129 Å². The van der Waals surface area contributed by atoms with Crippen molar-refractivity contribution in [3.05, 3.63) is 23.3 Å². The Kier molecular flexibility index (Phi) is 3.26. The Bertz CT molecular complexity index is 678. The first-order valence-corrected chi connectivity index (χ1v) is 7.35. The largest absolute Gasteiger partial charge is 0.485 e. The molecule has 0 aromatic heterocycles. The Morgan fingerprint density at radius 3 is 2.82 bits per heavy atom. The molecule has 1 aromatic rings. The van der Waals surface area contributed by atoms with Gasteiger partial charge in [0, 0.05) is 24.6 Å². The molecule has 0 bridgehead atoms. The highest BCUT2D eigenvalue weighted by atomic mass is 16.5. The maximum absolute atomic E-state index is 12.1. The summed E-state index contributed by atoms with van der Waals surface area (Å²) in [6.45, 7) is 4.16. The number of carbonyl (C=O) groups is 1. The molecular formula is C16H19N3O3. The number of hydrogen-bond acceptors (Lipinski definition) is 5. The zero-order chi connectivity index (χ0) is 16.1. The summed E-state index contributed by atoms with van der Waals surface area (Å²) in [6, 6.07) is 4.76. The van der Waals surface area contributed by atoms with Crippen molar-refractivity contribution >= 4 is 11.6 Å². The second kappa shape index (κ2) is 4.89. The lowest BCUT2D eigenvalue weighted by Gasteiger charge is -2.45. The van der Waals surface area contributed by atoms with E-state index < -0.39 is 17.7 Å². The van der Waals surface area contributed by atoms with Crippen molar-refractivity contribution in [1.82, 2.24) is 4.90 Å². The van der Waals surface area contributed by atoms with Gasteiger partial charge in [-0.15, -0.1) is 0 Å². The first-order chi connectivity index (χ1) is 10.3. The zero-order valence-corrected chi connectivity index (χ0v) is 12.7. The lowest BCUT2D eigenvalue weighted by atomic mass is 9.85. The van der Waals surface area contributed by atoms with Gasteiger partial charge in [-0.05, 0) is 26.3 Å². The van der Waals surface area contributed by atoms with E-state index in [2.05, 4.69) is 0 Å². The van der Waals surface area contributed by atoms with Gasteiger partial charge < -0.3 is 20.5 Å². The van der Waals surface area contributed by atoms with Gasteiger partial charge in [-0.25, -0.2) is 0 Å². The van der Waals surface area contributed by atoms with E-state index in [0.717, 1.165) is 6.42 Å². The normalized spacial score (nSPS) is 26.3. The number of nitriles is 1. The number of anilines is 1. The number of rotatable bonds is 1. The molecule has 1 saturated heterocycles. The van der Waals surface area contributed by atoms with E-state index in [0.29, 0.717) is 35.5 Å². The standard InChI is InChI=1S/C16H19N3O3/c1-16(2)15(21)14(19-5-3-4-13(19)20)10-6-9(8-17)11(18)7-12(10)22-16/h6-7,14-15,21H,3-5,18H2,1-2H3/t14-,15+/m0/s1. The summed E-state index contributed by atoms with van der Waals surface area (Å²) in [7, 11) is 0. The average molecular weight is 301 g/mol. The van der Waals surface area contributed by atoms with Gasteiger partial charge >= 0.3 is 0 Å². The molecule has 0 unspecified atom stereocenters. The number of aliphatic hydroxyl groups excluding tert-OH is 1. The number of nitrogen functional groups attached to an aromatic ring is 1. The third-order valence-corrected chi connectivity index (χ3v) is 4.45. The van der Waals surface area contributed by atoms with Crippen molar-refractivity contribution in [3.8, 4) is 11.8 Å². The number of aliphatic hydroxyl groups is 1. The molecule has 116 valence electrons. The number of ether oxygens (including phenoxy) is 1. The highest BCUT2D eigenvalue weighted by Crippen LogP contribution is 2.45. The Morgan fingerprint density at radius 2 is 2.23 bits per heavy atom. The van der Waals surface area contributed by atoms with E-state index in [9.17, 15) is 15.2 Å². The van der Waals surface area contributed by atoms with Crippen molar-refractivity contribution in [2.24, 2.45) is 0 Å². The Morgan fingerprint density at radius 1 is 1.50 bits per heavy atom. The molecule has 2 heterocycles. The van der Waals surface area contributed by atoms with Crippen LogP contribution in [0.4, 0.5) is 5.69 Å². The number of nitrogens with zero attached hydrogens (tertiary/aromatic N) is 2. The van der Waals surface area contributed by atoms with Crippen LogP contribution in [0.3, 0.4) is 0 Å². The molecular weight excluding hydrogens is 282 g/mol. The summed E-state index contributed by atoms with van der Waals surface area (Å²) in [5, 5.41) is 19.9. The first-order valence-electron chi connectivity index (χ1n) is 7.35. The molecule has 1 aromatic carbocycles. The van der Waals surface area contributed by atoms with Gasteiger partial charge in [0.15, 0.2) is 0 Å². The maximum Gasteiger partial charge on any atom is 0.223 e. The van der Waals surface area contributed by atoms with Gasteiger partial charge in [-0.2, -0.15) is 5.26 Å². The molecule has 3 rings (SSSR count). The van der Waals surface area contributed by atoms with E-state index in [1.165, 1.54) is 0 Å². The second-order valence-electron chi connectivity index (χ2n) is 6.37. The van der Waals surface area contributed by atoms with Crippen molar-refractivity contribution in [2.45, 2.75) is 44.4 Å². The molecule has 3 N–H and O–H groups in total. The number of nitrogens with two attached hydrogens (primary N) is 1. The molecule has 6 nitrogen and oxygen atoms in total. The SMILES string of the molecule is CC1(C)Oc2cc(N)c(C#N)cc2[C@H](N2CCCC2=O)[C@H]1O. The molecule has 2 atom stereocenters. The van der Waals surface area contributed by atoms with Gasteiger partial charge in [-0.1, -0.05) is 0 Å². The third-order valence-electron chi connectivity index (χ3n) is 4.45. The molecule has 6 heteroatoms. The van der Waals surface area contributed by atoms with Crippen LogP contribution >= 0.6 is 0 Å². The predicted molar refractivity (Wildman–Crippen MR) is 80.0 cm³/mol. The van der Waals surface area contributed by atoms with Gasteiger partial charge in [0.2, 0.25) is 5.91 Å². The predicted octanol–water partition coefficient (Wildman–Crippen LogP) is 1.34. The fraction of sp³-hybridized carbons (Fsp3) is 0.500. The number of amides is 1. The van der Waals surface area contributed by atoms with E-state index in [1.54, 1.807) is 30.9 Å². The average Bonchev–Trinajstić information content (AvgIpc) is 2.86. The lowest BCUT2D eigenvalue weighted by molar-refractivity contribution is -0.139. The van der Waals surface area contributed by atoms with Crippen LogP contribution in [0.2, 0.25) is 0 Å². The number of fused-ring (bicyclic) bond motifs is 1. The topological polar surface area (TPSA) is 99.6 Å². The smallest absolute Gasteiger partial charge is 0.223 e. The Hall–Kier alpha value is -2.26. The van der Waals surface area contributed by atoms with Crippen LogP contribution in [0.5, 0.6) is 5.75 Å². The van der Waals surface area contributed by atoms with Crippen molar-refractivity contribution in [2.75, 3.05) is 12.3 Å². The molecule has 0 saturated carbocycles. The summed E-state index contributed by atoms with van der Waals surface area (Å²) in [4.78, 5) is 13.8. The van der Waals surface area contributed by atoms with Crippen LogP contribution in [-0.2, 0) is 4.79 Å². The summed E-state index contributed by atoms with van der Waals surface area (Å²) in [6.07, 6.45) is 0.385. The van der Waals surface area contributed by atoms with Crippen molar-refractivity contribution in [1.29, 1.82) is 5.26 Å².